The van der Waals surface area contributed by atoms with Crippen molar-refractivity contribution in [1.29, 1.82) is 0 Å². The van der Waals surface area contributed by atoms with Crippen molar-refractivity contribution in [2.75, 3.05) is 6.61 Å². The van der Waals surface area contributed by atoms with Crippen molar-refractivity contribution in [3.05, 3.63) is 58.6 Å². The number of carbonyl (C=O) groups excluding carboxylic acids is 1. The van der Waals surface area contributed by atoms with Crippen LogP contribution in [0.5, 0.6) is 5.75 Å². The predicted octanol–water partition coefficient (Wildman–Crippen LogP) is 3.93. The molecule has 8 heteroatoms. The third-order valence-corrected chi connectivity index (χ3v) is 6.94. The van der Waals surface area contributed by atoms with Crippen molar-refractivity contribution in [3.63, 3.8) is 0 Å². The summed E-state index contributed by atoms with van der Waals surface area (Å²) in [6.07, 6.45) is 3.88. The maximum Gasteiger partial charge on any atom is 0.258 e. The van der Waals surface area contributed by atoms with Gasteiger partial charge in [0.15, 0.2) is 6.61 Å². The zero-order valence-electron chi connectivity index (χ0n) is 16.2. The number of halogens is 1. The lowest BCUT2D eigenvalue weighted by Crippen LogP contribution is -2.32. The Morgan fingerprint density at radius 1 is 1.17 bits per heavy atom. The van der Waals surface area contributed by atoms with Gasteiger partial charge in [0.25, 0.3) is 5.91 Å². The van der Waals surface area contributed by atoms with E-state index < -0.39 is 10.0 Å². The monoisotopic (exact) mass is 480 g/mol. The van der Waals surface area contributed by atoms with Crippen LogP contribution in [-0.2, 0) is 14.8 Å². The van der Waals surface area contributed by atoms with Crippen LogP contribution in [0.4, 0.5) is 0 Å². The number of amides is 1. The Hall–Kier alpha value is -1.90. The second-order valence-corrected chi connectivity index (χ2v) is 9.84. The molecule has 0 bridgehead atoms. The molecule has 1 unspecified atom stereocenters. The number of hydrogen-bond donors (Lipinski definition) is 2. The van der Waals surface area contributed by atoms with Crippen LogP contribution in [-0.4, -0.2) is 27.0 Å². The fourth-order valence-corrected chi connectivity index (χ4v) is 5.06. The summed E-state index contributed by atoms with van der Waals surface area (Å²) in [7, 11) is -3.53. The molecular weight excluding hydrogens is 456 g/mol. The van der Waals surface area contributed by atoms with Crippen LogP contribution in [0.2, 0.25) is 0 Å². The molecule has 1 fully saturated rings. The van der Waals surface area contributed by atoms with Crippen molar-refractivity contribution in [2.45, 2.75) is 49.6 Å². The standard InChI is InChI=1S/C21H25BrN2O4S/c1-15(16-5-4-6-17(22)13-16)23-21(25)14-28-19-9-11-20(12-10-19)29(26,27)24-18-7-2-3-8-18/h4-6,9-13,15,18,24H,2-3,7-8,14H2,1H3,(H,23,25). The molecule has 0 radical (unpaired) electrons. The molecule has 2 N–H and O–H groups in total. The fraction of sp³-hybridized carbons (Fsp3) is 0.381. The number of benzene rings is 2. The van der Waals surface area contributed by atoms with E-state index in [2.05, 4.69) is 26.0 Å². The van der Waals surface area contributed by atoms with Crippen molar-refractivity contribution in [1.82, 2.24) is 10.0 Å². The van der Waals surface area contributed by atoms with E-state index in [9.17, 15) is 13.2 Å². The first-order valence-corrected chi connectivity index (χ1v) is 11.9. The molecule has 2 aromatic rings. The summed E-state index contributed by atoms with van der Waals surface area (Å²) in [6.45, 7) is 1.75. The lowest BCUT2D eigenvalue weighted by molar-refractivity contribution is -0.123. The first-order valence-electron chi connectivity index (χ1n) is 9.63. The predicted molar refractivity (Wildman–Crippen MR) is 115 cm³/mol. The van der Waals surface area contributed by atoms with E-state index in [0.29, 0.717) is 5.75 Å². The summed E-state index contributed by atoms with van der Waals surface area (Å²) in [5.41, 5.74) is 0.983. The molecule has 1 saturated carbocycles. The van der Waals surface area contributed by atoms with Crippen molar-refractivity contribution < 1.29 is 17.9 Å². The van der Waals surface area contributed by atoms with Crippen molar-refractivity contribution >= 4 is 31.9 Å². The van der Waals surface area contributed by atoms with Gasteiger partial charge in [0.2, 0.25) is 10.0 Å². The smallest absolute Gasteiger partial charge is 0.258 e. The van der Waals surface area contributed by atoms with Gasteiger partial charge in [-0.25, -0.2) is 13.1 Å². The number of rotatable bonds is 8. The molecule has 29 heavy (non-hydrogen) atoms. The molecule has 0 aromatic heterocycles. The Balaban J connectivity index is 1.51. The van der Waals surface area contributed by atoms with Crippen molar-refractivity contribution in [3.8, 4) is 5.75 Å². The van der Waals surface area contributed by atoms with Crippen LogP contribution in [0.3, 0.4) is 0 Å². The molecule has 156 valence electrons. The molecule has 0 saturated heterocycles. The van der Waals surface area contributed by atoms with E-state index >= 15 is 0 Å². The summed E-state index contributed by atoms with van der Waals surface area (Å²) in [6, 6.07) is 13.7. The van der Waals surface area contributed by atoms with Crippen LogP contribution in [0, 0.1) is 0 Å². The summed E-state index contributed by atoms with van der Waals surface area (Å²) in [5, 5.41) is 2.88. The third-order valence-electron chi connectivity index (χ3n) is 4.91. The minimum Gasteiger partial charge on any atom is -0.484 e. The Labute approximate surface area is 180 Å². The van der Waals surface area contributed by atoms with Crippen LogP contribution in [0.15, 0.2) is 57.9 Å². The van der Waals surface area contributed by atoms with Gasteiger partial charge in [-0.05, 0) is 61.7 Å². The molecule has 1 aliphatic rings. The molecule has 3 rings (SSSR count). The van der Waals surface area contributed by atoms with E-state index in [-0.39, 0.29) is 29.5 Å². The summed E-state index contributed by atoms with van der Waals surface area (Å²) in [4.78, 5) is 12.3. The van der Waals surface area contributed by atoms with Gasteiger partial charge in [0.1, 0.15) is 5.75 Å². The Kier molecular flexibility index (Phi) is 7.32. The van der Waals surface area contributed by atoms with E-state index in [1.165, 1.54) is 12.1 Å². The summed E-state index contributed by atoms with van der Waals surface area (Å²) >= 11 is 3.42. The molecule has 0 spiro atoms. The van der Waals surface area contributed by atoms with E-state index in [1.807, 2.05) is 31.2 Å². The summed E-state index contributed by atoms with van der Waals surface area (Å²) in [5.74, 6) is 0.187. The minimum atomic E-state index is -3.53. The second kappa shape index (κ2) is 9.73. The van der Waals surface area contributed by atoms with Crippen LogP contribution in [0.1, 0.15) is 44.2 Å². The average molecular weight is 481 g/mol. The van der Waals surface area contributed by atoms with Crippen LogP contribution in [0.25, 0.3) is 0 Å². The van der Waals surface area contributed by atoms with E-state index in [1.54, 1.807) is 12.1 Å². The van der Waals surface area contributed by atoms with Crippen molar-refractivity contribution in [2.24, 2.45) is 0 Å². The van der Waals surface area contributed by atoms with Gasteiger partial charge in [-0.2, -0.15) is 0 Å². The maximum atomic E-state index is 12.4. The quantitative estimate of drug-likeness (QED) is 0.599. The fourth-order valence-electron chi connectivity index (χ4n) is 3.34. The summed E-state index contributed by atoms with van der Waals surface area (Å²) < 4.78 is 34.0. The molecular formula is C21H25BrN2O4S. The van der Waals surface area contributed by atoms with Gasteiger partial charge in [0, 0.05) is 10.5 Å². The van der Waals surface area contributed by atoms with Crippen LogP contribution >= 0.6 is 15.9 Å². The molecule has 2 aromatic carbocycles. The normalized spacial score (nSPS) is 15.8. The molecule has 1 aliphatic carbocycles. The third kappa shape index (κ3) is 6.29. The largest absolute Gasteiger partial charge is 0.484 e. The van der Waals surface area contributed by atoms with E-state index in [0.717, 1.165) is 35.7 Å². The second-order valence-electron chi connectivity index (χ2n) is 7.21. The van der Waals surface area contributed by atoms with Gasteiger partial charge in [-0.1, -0.05) is 40.9 Å². The SMILES string of the molecule is CC(NC(=O)COc1ccc(S(=O)(=O)NC2CCCC2)cc1)c1cccc(Br)c1. The molecule has 0 aliphatic heterocycles. The van der Waals surface area contributed by atoms with Gasteiger partial charge in [0.05, 0.1) is 10.9 Å². The lowest BCUT2D eigenvalue weighted by atomic mass is 10.1. The minimum absolute atomic E-state index is 0.0202. The van der Waals surface area contributed by atoms with Crippen LogP contribution < -0.4 is 14.8 Å². The molecule has 1 amide bonds. The van der Waals surface area contributed by atoms with Gasteiger partial charge < -0.3 is 10.1 Å². The number of sulfonamides is 1. The highest BCUT2D eigenvalue weighted by Crippen LogP contribution is 2.22. The Morgan fingerprint density at radius 2 is 1.86 bits per heavy atom. The lowest BCUT2D eigenvalue weighted by Gasteiger charge is -2.15. The maximum absolute atomic E-state index is 12.4. The number of hydrogen-bond acceptors (Lipinski definition) is 4. The highest BCUT2D eigenvalue weighted by atomic mass is 79.9. The number of nitrogens with one attached hydrogen (secondary N) is 2. The highest BCUT2D eigenvalue weighted by molar-refractivity contribution is 9.10. The molecule has 0 heterocycles. The average Bonchev–Trinajstić information content (AvgIpc) is 3.19. The number of carbonyl (C=O) groups is 1. The van der Waals surface area contributed by atoms with E-state index in [4.69, 9.17) is 4.74 Å². The Bertz CT molecular complexity index is 941. The molecule has 6 nitrogen and oxygen atoms in total. The van der Waals surface area contributed by atoms with Gasteiger partial charge >= 0.3 is 0 Å². The zero-order chi connectivity index (χ0) is 20.9. The zero-order valence-corrected chi connectivity index (χ0v) is 18.6. The first-order chi connectivity index (χ1) is 13.8. The number of ether oxygens (including phenoxy) is 1. The Morgan fingerprint density at radius 3 is 2.52 bits per heavy atom. The topological polar surface area (TPSA) is 84.5 Å². The van der Waals surface area contributed by atoms with Gasteiger partial charge in [-0.3, -0.25) is 4.79 Å². The first kappa shape index (κ1) is 21.8. The highest BCUT2D eigenvalue weighted by Gasteiger charge is 2.22. The van der Waals surface area contributed by atoms with Gasteiger partial charge in [-0.15, -0.1) is 0 Å². The molecule has 1 atom stereocenters.